The van der Waals surface area contributed by atoms with Crippen molar-refractivity contribution in [1.29, 1.82) is 0 Å². The second-order valence-corrected chi connectivity index (χ2v) is 10.7. The summed E-state index contributed by atoms with van der Waals surface area (Å²) in [6.45, 7) is 3.30. The van der Waals surface area contributed by atoms with Crippen LogP contribution in [0.4, 0.5) is 5.69 Å². The summed E-state index contributed by atoms with van der Waals surface area (Å²) in [4.78, 5) is 30.4. The summed E-state index contributed by atoms with van der Waals surface area (Å²) in [5.41, 5.74) is 1.58. The Kier molecular flexibility index (Phi) is 8.34. The van der Waals surface area contributed by atoms with Crippen molar-refractivity contribution in [3.05, 3.63) is 60.4 Å². The number of carbonyl (C=O) groups is 2. The topological polar surface area (TPSA) is 129 Å². The Balaban J connectivity index is 1.46. The van der Waals surface area contributed by atoms with Gasteiger partial charge in [-0.25, -0.2) is 4.57 Å². The number of aliphatic carboxylic acids is 1. The minimum absolute atomic E-state index is 0.0292. The molecule has 0 aliphatic carbocycles. The molecular weight excluding hydrogens is 528 g/mol. The molecule has 4 heterocycles. The van der Waals surface area contributed by atoms with Crippen molar-refractivity contribution in [2.24, 2.45) is 13.0 Å². The number of aryl methyl sites for hydroxylation is 1. The number of rotatable bonds is 11. The van der Waals surface area contributed by atoms with Crippen LogP contribution in [0.5, 0.6) is 23.3 Å². The highest BCUT2D eigenvalue weighted by molar-refractivity contribution is 5.94. The molecule has 3 N–H and O–H groups in total. The summed E-state index contributed by atoms with van der Waals surface area (Å²) < 4.78 is 14.2. The van der Waals surface area contributed by atoms with Crippen LogP contribution in [0.3, 0.4) is 0 Å². The zero-order chi connectivity index (χ0) is 29.1. The lowest BCUT2D eigenvalue weighted by atomic mass is 9.84. The van der Waals surface area contributed by atoms with E-state index in [2.05, 4.69) is 6.92 Å². The van der Waals surface area contributed by atoms with Gasteiger partial charge in [0, 0.05) is 49.8 Å². The van der Waals surface area contributed by atoms with Gasteiger partial charge in [-0.15, -0.1) is 0 Å². The van der Waals surface area contributed by atoms with Gasteiger partial charge in [-0.05, 0) is 36.6 Å². The van der Waals surface area contributed by atoms with Crippen LogP contribution in [0.15, 0.2) is 54.9 Å². The van der Waals surface area contributed by atoms with Crippen molar-refractivity contribution in [3.8, 4) is 23.3 Å². The second kappa shape index (κ2) is 12.1. The molecule has 218 valence electrons. The van der Waals surface area contributed by atoms with Crippen LogP contribution in [-0.4, -0.2) is 69.1 Å². The van der Waals surface area contributed by atoms with E-state index in [4.69, 9.17) is 9.47 Å². The number of carbonyl (C=O) groups excluding carboxylic acids is 1. The molecule has 0 saturated carbocycles. The molecule has 3 atom stereocenters. The average molecular weight is 566 g/mol. The molecule has 0 radical (unpaired) electrons. The number of fused-ring (bicyclic) bond motifs is 1. The maximum absolute atomic E-state index is 13.9. The highest BCUT2D eigenvalue weighted by atomic mass is 16.7. The van der Waals surface area contributed by atoms with Gasteiger partial charge < -0.3 is 29.7 Å². The molecule has 1 amide bonds. The summed E-state index contributed by atoms with van der Waals surface area (Å²) >= 11 is 0. The fourth-order valence-corrected chi connectivity index (χ4v) is 5.98. The van der Waals surface area contributed by atoms with Gasteiger partial charge in [0.05, 0.1) is 12.5 Å². The van der Waals surface area contributed by atoms with E-state index in [0.717, 1.165) is 24.1 Å². The summed E-state index contributed by atoms with van der Waals surface area (Å²) in [5, 5.41) is 30.9. The van der Waals surface area contributed by atoms with Crippen LogP contribution in [0.1, 0.15) is 37.7 Å². The predicted octanol–water partition coefficient (Wildman–Crippen LogP) is 2.84. The molecule has 2 aliphatic heterocycles. The van der Waals surface area contributed by atoms with Gasteiger partial charge in [0.25, 0.3) is 0 Å². The zero-order valence-corrected chi connectivity index (χ0v) is 23.3. The van der Waals surface area contributed by atoms with Crippen molar-refractivity contribution in [2.75, 3.05) is 31.3 Å². The van der Waals surface area contributed by atoms with Gasteiger partial charge in [-0.1, -0.05) is 19.4 Å². The minimum atomic E-state index is -0.966. The predicted molar refractivity (Wildman–Crippen MR) is 149 cm³/mol. The number of amides is 1. The third-order valence-electron chi connectivity index (χ3n) is 8.05. The number of ether oxygens (including phenoxy) is 2. The molecule has 1 saturated heterocycles. The monoisotopic (exact) mass is 565 g/mol. The van der Waals surface area contributed by atoms with Gasteiger partial charge in [0.1, 0.15) is 12.7 Å². The number of carboxylic acids is 1. The van der Waals surface area contributed by atoms with E-state index in [9.17, 15) is 24.9 Å². The number of hydrogen-bond acceptors (Lipinski definition) is 7. The van der Waals surface area contributed by atoms with Gasteiger partial charge in [-0.2, -0.15) is 0 Å². The molecule has 2 aromatic heterocycles. The Morgan fingerprint density at radius 3 is 2.56 bits per heavy atom. The Morgan fingerprint density at radius 2 is 1.85 bits per heavy atom. The number of likely N-dealkylation sites (tertiary alicyclic amines) is 1. The SMILES string of the molecule is CCCCN(C(=O)CN1C[C@H](c2ccc3c(c2)OCO3)[C@@H](C(=O)O)[C@@H]1CCn1c(O)ccc1O)c1ccc[n+](C)c1. The number of nitrogens with zero attached hydrogens (tertiary/aromatic N) is 4. The van der Waals surface area contributed by atoms with E-state index in [0.29, 0.717) is 31.0 Å². The number of anilines is 1. The summed E-state index contributed by atoms with van der Waals surface area (Å²) in [6, 6.07) is 11.5. The van der Waals surface area contributed by atoms with E-state index in [1.165, 1.54) is 16.7 Å². The number of pyridine rings is 1. The van der Waals surface area contributed by atoms with Crippen LogP contribution >= 0.6 is 0 Å². The standard InChI is InChI=1S/C30H36N4O7/c1-3-4-13-33(21-6-5-12-31(2)16-21)28(37)18-32-17-22(20-7-8-24-25(15-20)41-19-40-24)29(30(38)39)23(32)11-14-34-26(35)9-10-27(34)36/h5-10,12,15-16,22-23,29H,3-4,11,13-14,17-19H2,1-2H3,(H2-,35,36,38,39)/p+1/t22-,23+,29-/m1/s1. The molecule has 2 aliphatic rings. The number of benzene rings is 1. The lowest BCUT2D eigenvalue weighted by Gasteiger charge is -2.29. The molecule has 1 fully saturated rings. The van der Waals surface area contributed by atoms with Gasteiger partial charge in [-0.3, -0.25) is 19.1 Å². The van der Waals surface area contributed by atoms with E-state index >= 15 is 0 Å². The molecule has 41 heavy (non-hydrogen) atoms. The molecule has 0 bridgehead atoms. The Hall–Kier alpha value is -4.25. The van der Waals surface area contributed by atoms with E-state index in [1.807, 2.05) is 53.2 Å². The highest BCUT2D eigenvalue weighted by Crippen LogP contribution is 2.43. The normalized spacial score (nSPS) is 19.9. The largest absolute Gasteiger partial charge is 0.494 e. The quantitative estimate of drug-likeness (QED) is 0.303. The van der Waals surface area contributed by atoms with Crippen molar-refractivity contribution in [3.63, 3.8) is 0 Å². The number of aromatic nitrogens is 2. The van der Waals surface area contributed by atoms with E-state index in [1.54, 1.807) is 11.0 Å². The van der Waals surface area contributed by atoms with Crippen LogP contribution in [0, 0.1) is 5.92 Å². The highest BCUT2D eigenvalue weighted by Gasteiger charge is 2.47. The maximum Gasteiger partial charge on any atom is 0.308 e. The third-order valence-corrected chi connectivity index (χ3v) is 8.05. The first-order chi connectivity index (χ1) is 19.8. The number of unbranched alkanes of at least 4 members (excludes halogenated alkanes) is 1. The molecule has 0 spiro atoms. The van der Waals surface area contributed by atoms with Crippen LogP contribution < -0.4 is 18.9 Å². The minimum Gasteiger partial charge on any atom is -0.494 e. The fourth-order valence-electron chi connectivity index (χ4n) is 5.98. The Morgan fingerprint density at radius 1 is 1.10 bits per heavy atom. The number of carboxylic acid groups (broad SMARTS) is 1. The van der Waals surface area contributed by atoms with Crippen LogP contribution in [0.2, 0.25) is 0 Å². The molecule has 11 nitrogen and oxygen atoms in total. The van der Waals surface area contributed by atoms with Crippen molar-refractivity contribution in [1.82, 2.24) is 9.47 Å². The Bertz CT molecular complexity index is 1390. The molecule has 0 unspecified atom stereocenters. The van der Waals surface area contributed by atoms with Crippen molar-refractivity contribution in [2.45, 2.75) is 44.7 Å². The molecule has 11 heteroatoms. The maximum atomic E-state index is 13.9. The lowest BCUT2D eigenvalue weighted by Crippen LogP contribution is -2.45. The smallest absolute Gasteiger partial charge is 0.308 e. The Labute approximate surface area is 238 Å². The van der Waals surface area contributed by atoms with Crippen LogP contribution in [-0.2, 0) is 23.2 Å². The average Bonchev–Trinajstić information content (AvgIpc) is 3.64. The third kappa shape index (κ3) is 5.95. The fraction of sp³-hybridized carbons (Fsp3) is 0.433. The number of aromatic hydroxyl groups is 2. The van der Waals surface area contributed by atoms with E-state index in [-0.39, 0.29) is 37.5 Å². The van der Waals surface area contributed by atoms with Crippen LogP contribution in [0.25, 0.3) is 0 Å². The summed E-state index contributed by atoms with van der Waals surface area (Å²) in [6.07, 6.45) is 5.87. The first-order valence-electron chi connectivity index (χ1n) is 14.0. The summed E-state index contributed by atoms with van der Waals surface area (Å²) in [7, 11) is 1.90. The molecular formula is C30H37N4O7+. The second-order valence-electron chi connectivity index (χ2n) is 10.7. The zero-order valence-electron chi connectivity index (χ0n) is 23.3. The van der Waals surface area contributed by atoms with E-state index < -0.39 is 23.8 Å². The molecule has 5 rings (SSSR count). The molecule has 1 aromatic carbocycles. The van der Waals surface area contributed by atoms with Gasteiger partial charge in [0.15, 0.2) is 35.7 Å². The van der Waals surface area contributed by atoms with Crippen molar-refractivity contribution >= 4 is 17.6 Å². The van der Waals surface area contributed by atoms with Crippen molar-refractivity contribution < 1.29 is 38.9 Å². The van der Waals surface area contributed by atoms with Gasteiger partial charge >= 0.3 is 5.97 Å². The first-order valence-corrected chi connectivity index (χ1v) is 14.0. The molecule has 3 aromatic rings. The number of hydrogen-bond donors (Lipinski definition) is 3. The summed E-state index contributed by atoms with van der Waals surface area (Å²) in [5.74, 6) is -1.35. The lowest BCUT2D eigenvalue weighted by molar-refractivity contribution is -0.670. The first kappa shape index (κ1) is 28.3. The van der Waals surface area contributed by atoms with Gasteiger partial charge in [0.2, 0.25) is 12.7 Å².